The number of thiazole rings is 1. The number of aromatic amines is 1. The maximum atomic E-state index is 12.7. The molecule has 0 atom stereocenters. The third-order valence-electron chi connectivity index (χ3n) is 3.23. The molecule has 0 fully saturated rings. The molecule has 0 saturated carbocycles. The van der Waals surface area contributed by atoms with E-state index in [0.29, 0.717) is 28.2 Å². The topological polar surface area (TPSA) is 45.8 Å². The normalized spacial score (nSPS) is 11.6. The maximum absolute atomic E-state index is 12.7. The van der Waals surface area contributed by atoms with E-state index >= 15 is 0 Å². The van der Waals surface area contributed by atoms with Gasteiger partial charge in [0.15, 0.2) is 0 Å². The van der Waals surface area contributed by atoms with Crippen LogP contribution >= 0.6 is 11.3 Å². The number of nitrogens with zero attached hydrogens (tertiary/aromatic N) is 1. The molecule has 23 heavy (non-hydrogen) atoms. The average Bonchev–Trinajstić information content (AvgIpc) is 2.95. The monoisotopic (exact) mass is 336 g/mol. The molecule has 7 heteroatoms. The minimum Gasteiger partial charge on any atom is -0.329 e. The Morgan fingerprint density at radius 2 is 2.00 bits per heavy atom. The van der Waals surface area contributed by atoms with Gasteiger partial charge in [0.1, 0.15) is 0 Å². The van der Waals surface area contributed by atoms with Crippen LogP contribution in [0.15, 0.2) is 52.8 Å². The Kier molecular flexibility index (Phi) is 4.04. The van der Waals surface area contributed by atoms with E-state index in [2.05, 4.69) is 9.97 Å². The van der Waals surface area contributed by atoms with Gasteiger partial charge in [0.05, 0.1) is 16.3 Å². The summed E-state index contributed by atoms with van der Waals surface area (Å²) in [5.41, 5.74) is 0.978. The van der Waals surface area contributed by atoms with E-state index in [4.69, 9.17) is 0 Å². The van der Waals surface area contributed by atoms with Crippen molar-refractivity contribution in [3.63, 3.8) is 0 Å². The van der Waals surface area contributed by atoms with Gasteiger partial charge in [-0.1, -0.05) is 18.2 Å². The molecular weight excluding hydrogens is 325 g/mol. The summed E-state index contributed by atoms with van der Waals surface area (Å²) < 4.78 is 38.2. The van der Waals surface area contributed by atoms with Crippen LogP contribution < -0.4 is 5.56 Å². The van der Waals surface area contributed by atoms with Crippen molar-refractivity contribution in [3.05, 3.63) is 74.5 Å². The van der Waals surface area contributed by atoms with Crippen molar-refractivity contribution in [2.45, 2.75) is 12.6 Å². The lowest BCUT2D eigenvalue weighted by Crippen LogP contribution is -2.05. The molecule has 2 aromatic heterocycles. The molecule has 0 amide bonds. The van der Waals surface area contributed by atoms with Crippen molar-refractivity contribution in [2.75, 3.05) is 0 Å². The van der Waals surface area contributed by atoms with Gasteiger partial charge in [0.2, 0.25) is 5.56 Å². The second-order valence-corrected chi connectivity index (χ2v) is 5.89. The molecule has 0 aliphatic heterocycles. The van der Waals surface area contributed by atoms with Gasteiger partial charge in [-0.2, -0.15) is 13.2 Å². The zero-order valence-corrected chi connectivity index (χ0v) is 12.5. The SMILES string of the molecule is O=c1cc(-c2csc(Cc3cccc(C(F)(F)F)c3)n2)cc[nH]1. The van der Waals surface area contributed by atoms with Crippen molar-refractivity contribution in [1.29, 1.82) is 0 Å². The summed E-state index contributed by atoms with van der Waals surface area (Å²) in [6, 6.07) is 8.38. The lowest BCUT2D eigenvalue weighted by molar-refractivity contribution is -0.137. The first kappa shape index (κ1) is 15.5. The number of pyridine rings is 1. The Morgan fingerprint density at radius 3 is 2.74 bits per heavy atom. The van der Waals surface area contributed by atoms with E-state index < -0.39 is 11.7 Å². The number of rotatable bonds is 3. The van der Waals surface area contributed by atoms with Gasteiger partial charge in [-0.15, -0.1) is 11.3 Å². The number of H-pyrrole nitrogens is 1. The van der Waals surface area contributed by atoms with Crippen LogP contribution in [0.3, 0.4) is 0 Å². The van der Waals surface area contributed by atoms with Crippen LogP contribution in [0.1, 0.15) is 16.1 Å². The van der Waals surface area contributed by atoms with Crippen LogP contribution in [0, 0.1) is 0 Å². The standard InChI is InChI=1S/C16H11F3N2OS/c17-16(18,19)12-3-1-2-10(6-12)7-15-21-13(9-23-15)11-4-5-20-14(22)8-11/h1-6,8-9H,7H2,(H,20,22). The predicted molar refractivity (Wildman–Crippen MR) is 82.4 cm³/mol. The molecule has 1 aromatic carbocycles. The second-order valence-electron chi connectivity index (χ2n) is 4.94. The van der Waals surface area contributed by atoms with Crippen LogP contribution in [0.25, 0.3) is 11.3 Å². The van der Waals surface area contributed by atoms with E-state index in [1.54, 1.807) is 17.5 Å². The summed E-state index contributed by atoms with van der Waals surface area (Å²) in [6.45, 7) is 0. The summed E-state index contributed by atoms with van der Waals surface area (Å²) in [5, 5.41) is 2.48. The molecule has 3 rings (SSSR count). The first-order valence-electron chi connectivity index (χ1n) is 6.71. The van der Waals surface area contributed by atoms with Crippen LogP contribution in [0.2, 0.25) is 0 Å². The molecule has 0 radical (unpaired) electrons. The molecule has 0 unspecified atom stereocenters. The van der Waals surface area contributed by atoms with Crippen molar-refractivity contribution < 1.29 is 13.2 Å². The minimum absolute atomic E-state index is 0.227. The van der Waals surface area contributed by atoms with Gasteiger partial charge >= 0.3 is 6.18 Å². The molecule has 118 valence electrons. The Balaban J connectivity index is 1.84. The molecule has 0 saturated heterocycles. The van der Waals surface area contributed by atoms with Gasteiger partial charge in [0.25, 0.3) is 0 Å². The zero-order chi connectivity index (χ0) is 16.4. The van der Waals surface area contributed by atoms with Crippen molar-refractivity contribution in [2.24, 2.45) is 0 Å². The second kappa shape index (κ2) is 6.00. The summed E-state index contributed by atoms with van der Waals surface area (Å²) in [6.07, 6.45) is -2.50. The number of aromatic nitrogens is 2. The van der Waals surface area contributed by atoms with E-state index in [-0.39, 0.29) is 5.56 Å². The van der Waals surface area contributed by atoms with Crippen molar-refractivity contribution >= 4 is 11.3 Å². The lowest BCUT2D eigenvalue weighted by Gasteiger charge is -2.07. The highest BCUT2D eigenvalue weighted by Crippen LogP contribution is 2.30. The van der Waals surface area contributed by atoms with Crippen LogP contribution in [0.4, 0.5) is 13.2 Å². The van der Waals surface area contributed by atoms with E-state index in [0.717, 1.165) is 12.1 Å². The van der Waals surface area contributed by atoms with Crippen LogP contribution in [0.5, 0.6) is 0 Å². The molecule has 0 aliphatic carbocycles. The molecule has 3 aromatic rings. The van der Waals surface area contributed by atoms with E-state index in [9.17, 15) is 18.0 Å². The minimum atomic E-state index is -4.35. The van der Waals surface area contributed by atoms with E-state index in [1.807, 2.05) is 0 Å². The largest absolute Gasteiger partial charge is 0.416 e. The Hall–Kier alpha value is -2.41. The third-order valence-corrected chi connectivity index (χ3v) is 4.08. The van der Waals surface area contributed by atoms with Crippen LogP contribution in [-0.4, -0.2) is 9.97 Å². The highest BCUT2D eigenvalue weighted by molar-refractivity contribution is 7.10. The first-order chi connectivity index (χ1) is 10.9. The summed E-state index contributed by atoms with van der Waals surface area (Å²) in [5.74, 6) is 0. The number of halogens is 3. The quantitative estimate of drug-likeness (QED) is 0.782. The average molecular weight is 336 g/mol. The number of hydrogen-bond acceptors (Lipinski definition) is 3. The maximum Gasteiger partial charge on any atom is 0.416 e. The van der Waals surface area contributed by atoms with Crippen molar-refractivity contribution in [3.8, 4) is 11.3 Å². The summed E-state index contributed by atoms with van der Waals surface area (Å²) in [4.78, 5) is 18.2. The third kappa shape index (κ3) is 3.68. The highest BCUT2D eigenvalue weighted by Gasteiger charge is 2.30. The van der Waals surface area contributed by atoms with Gasteiger partial charge in [0, 0.05) is 29.6 Å². The Bertz CT molecular complexity index is 883. The number of hydrogen-bond donors (Lipinski definition) is 1. The number of alkyl halides is 3. The fourth-order valence-electron chi connectivity index (χ4n) is 2.16. The molecule has 3 nitrogen and oxygen atoms in total. The van der Waals surface area contributed by atoms with Crippen molar-refractivity contribution in [1.82, 2.24) is 9.97 Å². The van der Waals surface area contributed by atoms with Gasteiger partial charge < -0.3 is 4.98 Å². The Labute approximate surface area is 133 Å². The Morgan fingerprint density at radius 1 is 1.17 bits per heavy atom. The molecule has 0 spiro atoms. The predicted octanol–water partition coefficient (Wildman–Crippen LogP) is 4.11. The van der Waals surface area contributed by atoms with Gasteiger partial charge in [-0.25, -0.2) is 4.98 Å². The number of benzene rings is 1. The number of nitrogens with one attached hydrogen (secondary N) is 1. The lowest BCUT2D eigenvalue weighted by atomic mass is 10.1. The fourth-order valence-corrected chi connectivity index (χ4v) is 3.00. The molecule has 0 aliphatic rings. The van der Waals surface area contributed by atoms with Gasteiger partial charge in [-0.3, -0.25) is 4.79 Å². The molecule has 2 heterocycles. The van der Waals surface area contributed by atoms with E-state index in [1.165, 1.54) is 29.7 Å². The molecule has 0 bridgehead atoms. The summed E-state index contributed by atoms with van der Waals surface area (Å²) in [7, 11) is 0. The molecule has 1 N–H and O–H groups in total. The fraction of sp³-hybridized carbons (Fsp3) is 0.125. The zero-order valence-electron chi connectivity index (χ0n) is 11.7. The van der Waals surface area contributed by atoms with Crippen LogP contribution in [-0.2, 0) is 12.6 Å². The highest BCUT2D eigenvalue weighted by atomic mass is 32.1. The van der Waals surface area contributed by atoms with Gasteiger partial charge in [-0.05, 0) is 17.7 Å². The first-order valence-corrected chi connectivity index (χ1v) is 7.59. The molecular formula is C16H11F3N2OS. The summed E-state index contributed by atoms with van der Waals surface area (Å²) >= 11 is 1.35. The smallest absolute Gasteiger partial charge is 0.329 e.